The third-order valence-corrected chi connectivity index (χ3v) is 3.45. The molecular weight excluding hydrogens is 270 g/mol. The summed E-state index contributed by atoms with van der Waals surface area (Å²) in [5, 5.41) is 10.7. The molecule has 0 spiro atoms. The molecule has 0 atom stereocenters. The average molecular weight is 279 g/mol. The normalized spacial score (nSPS) is 11.2. The molecule has 98 valence electrons. The van der Waals surface area contributed by atoms with Gasteiger partial charge in [-0.25, -0.2) is 0 Å². The third kappa shape index (κ3) is 2.78. The number of benzene rings is 2. The molecule has 0 aliphatic heterocycles. The van der Waals surface area contributed by atoms with Crippen LogP contribution in [0.5, 0.6) is 0 Å². The summed E-state index contributed by atoms with van der Waals surface area (Å²) in [6.07, 6.45) is 0. The first kappa shape index (κ1) is 13.2. The van der Waals surface area contributed by atoms with E-state index in [0.29, 0.717) is 5.56 Å². The molecular formula is C12H9NO5S. The van der Waals surface area contributed by atoms with Crippen molar-refractivity contribution >= 4 is 15.8 Å². The second-order valence-corrected chi connectivity index (χ2v) is 5.17. The summed E-state index contributed by atoms with van der Waals surface area (Å²) in [4.78, 5) is 9.76. The van der Waals surface area contributed by atoms with Crippen molar-refractivity contribution < 1.29 is 17.9 Å². The largest absolute Gasteiger partial charge is 0.295 e. The first-order valence-corrected chi connectivity index (χ1v) is 6.65. The van der Waals surface area contributed by atoms with Crippen LogP contribution >= 0.6 is 0 Å². The number of rotatable bonds is 3. The molecule has 0 amide bonds. The zero-order valence-electron chi connectivity index (χ0n) is 9.55. The Morgan fingerprint density at radius 1 is 1.05 bits per heavy atom. The van der Waals surface area contributed by atoms with Gasteiger partial charge in [0.05, 0.1) is 4.92 Å². The zero-order chi connectivity index (χ0) is 14.0. The monoisotopic (exact) mass is 279 g/mol. The SMILES string of the molecule is O=[N+]([O-])c1ccc(S(=O)(=O)O)c(-c2ccccc2)c1. The minimum atomic E-state index is -4.45. The maximum Gasteiger partial charge on any atom is 0.295 e. The van der Waals surface area contributed by atoms with Gasteiger partial charge >= 0.3 is 0 Å². The Hall–Kier alpha value is -2.25. The van der Waals surface area contributed by atoms with Crippen molar-refractivity contribution in [3.8, 4) is 11.1 Å². The van der Waals surface area contributed by atoms with Crippen molar-refractivity contribution in [2.75, 3.05) is 0 Å². The molecule has 2 aromatic carbocycles. The molecule has 0 saturated heterocycles. The van der Waals surface area contributed by atoms with Gasteiger partial charge in [0.2, 0.25) is 0 Å². The van der Waals surface area contributed by atoms with Gasteiger partial charge in [0, 0.05) is 17.7 Å². The molecule has 2 rings (SSSR count). The summed E-state index contributed by atoms with van der Waals surface area (Å²) >= 11 is 0. The molecule has 0 saturated carbocycles. The van der Waals surface area contributed by atoms with Gasteiger partial charge in [-0.3, -0.25) is 14.7 Å². The Balaban J connectivity index is 2.74. The van der Waals surface area contributed by atoms with Gasteiger partial charge in [-0.15, -0.1) is 0 Å². The predicted molar refractivity (Wildman–Crippen MR) is 68.3 cm³/mol. The fourth-order valence-electron chi connectivity index (χ4n) is 1.70. The van der Waals surface area contributed by atoms with Gasteiger partial charge in [0.1, 0.15) is 4.90 Å². The fourth-order valence-corrected chi connectivity index (χ4v) is 2.39. The summed E-state index contributed by atoms with van der Waals surface area (Å²) in [5.41, 5.74) is 0.322. The van der Waals surface area contributed by atoms with E-state index < -0.39 is 15.0 Å². The summed E-state index contributed by atoms with van der Waals surface area (Å²) in [6, 6.07) is 11.5. The molecule has 19 heavy (non-hydrogen) atoms. The molecule has 0 aliphatic rings. The number of non-ortho nitro benzene ring substituents is 1. The summed E-state index contributed by atoms with van der Waals surface area (Å²) in [7, 11) is -4.45. The highest BCUT2D eigenvalue weighted by molar-refractivity contribution is 7.86. The molecule has 1 N–H and O–H groups in total. The fraction of sp³-hybridized carbons (Fsp3) is 0. The van der Waals surface area contributed by atoms with Crippen LogP contribution in [0.1, 0.15) is 0 Å². The van der Waals surface area contributed by atoms with Gasteiger partial charge in [-0.2, -0.15) is 8.42 Å². The van der Waals surface area contributed by atoms with E-state index in [0.717, 1.165) is 18.2 Å². The van der Waals surface area contributed by atoms with Crippen molar-refractivity contribution in [1.82, 2.24) is 0 Å². The molecule has 0 aromatic heterocycles. The molecule has 2 aromatic rings. The maximum absolute atomic E-state index is 11.3. The van der Waals surface area contributed by atoms with E-state index in [2.05, 4.69) is 0 Å². The van der Waals surface area contributed by atoms with Crippen LogP contribution in [0.15, 0.2) is 53.4 Å². The second-order valence-electron chi connectivity index (χ2n) is 3.78. The number of hydrogen-bond acceptors (Lipinski definition) is 4. The highest BCUT2D eigenvalue weighted by Crippen LogP contribution is 2.30. The van der Waals surface area contributed by atoms with Crippen LogP contribution < -0.4 is 0 Å². The summed E-state index contributed by atoms with van der Waals surface area (Å²) < 4.78 is 31.8. The van der Waals surface area contributed by atoms with Gasteiger partial charge in [-0.1, -0.05) is 30.3 Å². The Morgan fingerprint density at radius 3 is 2.21 bits per heavy atom. The van der Waals surface area contributed by atoms with E-state index in [9.17, 15) is 18.5 Å². The number of nitro groups is 1. The van der Waals surface area contributed by atoms with E-state index in [1.54, 1.807) is 30.3 Å². The van der Waals surface area contributed by atoms with Gasteiger partial charge in [0.25, 0.3) is 15.8 Å². The highest BCUT2D eigenvalue weighted by atomic mass is 32.2. The van der Waals surface area contributed by atoms with E-state index in [1.165, 1.54) is 0 Å². The minimum Gasteiger partial charge on any atom is -0.282 e. The van der Waals surface area contributed by atoms with Gasteiger partial charge in [0.15, 0.2) is 0 Å². The molecule has 0 aliphatic carbocycles. The maximum atomic E-state index is 11.3. The Kier molecular flexibility index (Phi) is 3.32. The topological polar surface area (TPSA) is 97.5 Å². The molecule has 7 heteroatoms. The first-order chi connectivity index (χ1) is 8.89. The first-order valence-electron chi connectivity index (χ1n) is 5.21. The second kappa shape index (κ2) is 4.79. The van der Waals surface area contributed by atoms with E-state index >= 15 is 0 Å². The van der Waals surface area contributed by atoms with Crippen LogP contribution in [-0.4, -0.2) is 17.9 Å². The van der Waals surface area contributed by atoms with Crippen molar-refractivity contribution in [3.63, 3.8) is 0 Å². The van der Waals surface area contributed by atoms with Crippen molar-refractivity contribution in [2.24, 2.45) is 0 Å². The average Bonchev–Trinajstić information content (AvgIpc) is 2.38. The van der Waals surface area contributed by atoms with Crippen LogP contribution in [0, 0.1) is 10.1 Å². The zero-order valence-corrected chi connectivity index (χ0v) is 10.4. The summed E-state index contributed by atoms with van der Waals surface area (Å²) in [5.74, 6) is 0. The Bertz CT molecular complexity index is 725. The van der Waals surface area contributed by atoms with Crippen LogP contribution in [0.2, 0.25) is 0 Å². The molecule has 6 nitrogen and oxygen atoms in total. The minimum absolute atomic E-state index is 0.0947. The van der Waals surface area contributed by atoms with Crippen molar-refractivity contribution in [3.05, 3.63) is 58.6 Å². The number of nitro benzene ring substituents is 1. The Morgan fingerprint density at radius 2 is 1.68 bits per heavy atom. The van der Waals surface area contributed by atoms with Gasteiger partial charge in [-0.05, 0) is 11.6 Å². The molecule has 0 unspecified atom stereocenters. The predicted octanol–water partition coefficient (Wildman–Crippen LogP) is 2.51. The van der Waals surface area contributed by atoms with Crippen molar-refractivity contribution in [2.45, 2.75) is 4.90 Å². The van der Waals surface area contributed by atoms with E-state index in [4.69, 9.17) is 4.55 Å². The standard InChI is InChI=1S/C12H9NO5S/c14-13(15)10-6-7-12(19(16,17)18)11(8-10)9-4-2-1-3-5-9/h1-8H,(H,16,17,18). The number of hydrogen-bond donors (Lipinski definition) is 1. The smallest absolute Gasteiger partial charge is 0.282 e. The van der Waals surface area contributed by atoms with Crippen LogP contribution in [-0.2, 0) is 10.1 Å². The summed E-state index contributed by atoms with van der Waals surface area (Å²) in [6.45, 7) is 0. The number of nitrogens with zero attached hydrogens (tertiary/aromatic N) is 1. The van der Waals surface area contributed by atoms with Crippen molar-refractivity contribution in [1.29, 1.82) is 0 Å². The van der Waals surface area contributed by atoms with Crippen LogP contribution in [0.25, 0.3) is 11.1 Å². The molecule has 0 radical (unpaired) electrons. The lowest BCUT2D eigenvalue weighted by atomic mass is 10.1. The Labute approximate surface area is 109 Å². The molecule has 0 fully saturated rings. The van der Waals surface area contributed by atoms with Crippen LogP contribution in [0.4, 0.5) is 5.69 Å². The molecule has 0 heterocycles. The van der Waals surface area contributed by atoms with E-state index in [1.807, 2.05) is 0 Å². The lowest BCUT2D eigenvalue weighted by Gasteiger charge is -2.07. The quantitative estimate of drug-likeness (QED) is 0.529. The van der Waals surface area contributed by atoms with E-state index in [-0.39, 0.29) is 16.1 Å². The molecule has 0 bridgehead atoms. The lowest BCUT2D eigenvalue weighted by molar-refractivity contribution is -0.384. The third-order valence-electron chi connectivity index (χ3n) is 2.54. The van der Waals surface area contributed by atoms with Gasteiger partial charge < -0.3 is 0 Å². The highest BCUT2D eigenvalue weighted by Gasteiger charge is 2.19. The lowest BCUT2D eigenvalue weighted by Crippen LogP contribution is -2.01. The van der Waals surface area contributed by atoms with Crippen LogP contribution in [0.3, 0.4) is 0 Å².